The molecule has 5 nitrogen and oxygen atoms in total. The molecule has 2 saturated heterocycles. The normalized spacial score (nSPS) is 24.6. The smallest absolute Gasteiger partial charge is 0.288 e. The zero-order valence-electron chi connectivity index (χ0n) is 14.2. The lowest BCUT2D eigenvalue weighted by Gasteiger charge is -2.23. The Morgan fingerprint density at radius 3 is 2.04 bits per heavy atom. The Balaban J connectivity index is 1.82. The van der Waals surface area contributed by atoms with Crippen LogP contribution in [-0.2, 0) is 9.84 Å². The highest BCUT2D eigenvalue weighted by Gasteiger charge is 2.54. The van der Waals surface area contributed by atoms with Crippen LogP contribution < -0.4 is 9.80 Å². The fourth-order valence-corrected chi connectivity index (χ4v) is 5.69. The lowest BCUT2D eigenvalue weighted by Crippen LogP contribution is -2.37. The van der Waals surface area contributed by atoms with Crippen molar-refractivity contribution in [3.63, 3.8) is 0 Å². The number of rotatable bonds is 2. The van der Waals surface area contributed by atoms with Crippen LogP contribution in [0, 0.1) is 13.8 Å². The Hall–Kier alpha value is -2.34. The third-order valence-electron chi connectivity index (χ3n) is 5.17. The van der Waals surface area contributed by atoms with Crippen LogP contribution in [0.2, 0.25) is 0 Å². The van der Waals surface area contributed by atoms with Gasteiger partial charge in [0, 0.05) is 11.4 Å². The first-order chi connectivity index (χ1) is 11.9. The first-order valence-corrected chi connectivity index (χ1v) is 10.1. The predicted molar refractivity (Wildman–Crippen MR) is 98.9 cm³/mol. The maximum absolute atomic E-state index is 13.2. The van der Waals surface area contributed by atoms with Gasteiger partial charge in [0.15, 0.2) is 9.84 Å². The zero-order valence-corrected chi connectivity index (χ0v) is 15.0. The Bertz CT molecular complexity index is 940. The maximum Gasteiger partial charge on any atom is 0.329 e. The average Bonchev–Trinajstić information content (AvgIpc) is 3.00. The van der Waals surface area contributed by atoms with Crippen molar-refractivity contribution >= 4 is 27.2 Å². The van der Waals surface area contributed by atoms with Gasteiger partial charge in [0.05, 0.1) is 23.6 Å². The van der Waals surface area contributed by atoms with Crippen LogP contribution in [0.1, 0.15) is 11.1 Å². The molecule has 0 aromatic heterocycles. The lowest BCUT2D eigenvalue weighted by atomic mass is 10.1. The summed E-state index contributed by atoms with van der Waals surface area (Å²) in [5.41, 5.74) is 3.73. The van der Waals surface area contributed by atoms with E-state index >= 15 is 0 Å². The molecular formula is C19H20N2O3S. The van der Waals surface area contributed by atoms with Gasteiger partial charge in [-0.25, -0.2) is 13.2 Å². The van der Waals surface area contributed by atoms with E-state index in [1.165, 1.54) is 0 Å². The van der Waals surface area contributed by atoms with Crippen molar-refractivity contribution < 1.29 is 13.2 Å². The molecule has 2 fully saturated rings. The van der Waals surface area contributed by atoms with Crippen molar-refractivity contribution in [2.24, 2.45) is 0 Å². The third kappa shape index (κ3) is 2.61. The number of benzene rings is 2. The molecule has 2 aromatic rings. The molecule has 6 heteroatoms. The minimum Gasteiger partial charge on any atom is -0.288 e. The predicted octanol–water partition coefficient (Wildman–Crippen LogP) is 2.92. The maximum atomic E-state index is 13.2. The van der Waals surface area contributed by atoms with Crippen LogP contribution in [0.25, 0.3) is 0 Å². The number of fused-ring (bicyclic) bond motifs is 1. The SMILES string of the molecule is Cc1ccc(N2C(=O)N(c3ccccc3)[C@@H]3CS(=O)(=O)C[C@H]32)cc1C. The van der Waals surface area contributed by atoms with Crippen molar-refractivity contribution in [2.75, 3.05) is 21.3 Å². The van der Waals surface area contributed by atoms with Crippen molar-refractivity contribution in [2.45, 2.75) is 25.9 Å². The van der Waals surface area contributed by atoms with Gasteiger partial charge in [0.25, 0.3) is 0 Å². The number of carbonyl (C=O) groups is 1. The fraction of sp³-hybridized carbons (Fsp3) is 0.316. The molecule has 130 valence electrons. The van der Waals surface area contributed by atoms with Gasteiger partial charge in [-0.2, -0.15) is 0 Å². The number of para-hydroxylation sites is 1. The number of anilines is 2. The van der Waals surface area contributed by atoms with Gasteiger partial charge in [0.1, 0.15) is 0 Å². The second-order valence-corrected chi connectivity index (χ2v) is 8.99. The molecular weight excluding hydrogens is 336 g/mol. The molecule has 4 rings (SSSR count). The number of hydrogen-bond acceptors (Lipinski definition) is 3. The van der Waals surface area contributed by atoms with Gasteiger partial charge >= 0.3 is 6.03 Å². The molecule has 0 unspecified atom stereocenters. The van der Waals surface area contributed by atoms with Gasteiger partial charge < -0.3 is 0 Å². The molecule has 2 atom stereocenters. The monoisotopic (exact) mass is 356 g/mol. The van der Waals surface area contributed by atoms with Crippen molar-refractivity contribution in [3.05, 3.63) is 59.7 Å². The third-order valence-corrected chi connectivity index (χ3v) is 6.87. The van der Waals surface area contributed by atoms with Crippen LogP contribution in [0.5, 0.6) is 0 Å². The summed E-state index contributed by atoms with van der Waals surface area (Å²) in [7, 11) is -3.16. The van der Waals surface area contributed by atoms with Gasteiger partial charge in [0.2, 0.25) is 0 Å². The highest BCUT2D eigenvalue weighted by Crippen LogP contribution is 2.38. The van der Waals surface area contributed by atoms with Crippen LogP contribution in [0.15, 0.2) is 48.5 Å². The molecule has 2 amide bonds. The summed E-state index contributed by atoms with van der Waals surface area (Å²) in [5, 5.41) is 0. The summed E-state index contributed by atoms with van der Waals surface area (Å²) in [6, 6.07) is 14.3. The number of aryl methyl sites for hydroxylation is 2. The number of hydrogen-bond donors (Lipinski definition) is 0. The molecule has 2 aliphatic rings. The number of carbonyl (C=O) groups excluding carboxylic acids is 1. The van der Waals surface area contributed by atoms with E-state index in [4.69, 9.17) is 0 Å². The molecule has 2 aliphatic heterocycles. The van der Waals surface area contributed by atoms with Gasteiger partial charge in [-0.1, -0.05) is 24.3 Å². The molecule has 0 saturated carbocycles. The molecule has 0 N–H and O–H groups in total. The second kappa shape index (κ2) is 5.59. The van der Waals surface area contributed by atoms with Gasteiger partial charge in [-0.15, -0.1) is 0 Å². The number of sulfone groups is 1. The number of urea groups is 1. The number of nitrogens with zero attached hydrogens (tertiary/aromatic N) is 2. The standard InChI is InChI=1S/C19H20N2O3S/c1-13-8-9-16(10-14(13)2)21-18-12-25(23,24)11-17(18)20(19(21)22)15-6-4-3-5-7-15/h3-10,17-18H,11-12H2,1-2H3/t17-,18-/m1/s1. The average molecular weight is 356 g/mol. The lowest BCUT2D eigenvalue weighted by molar-refractivity contribution is 0.255. The van der Waals surface area contributed by atoms with Gasteiger partial charge in [-0.05, 0) is 49.2 Å². The Morgan fingerprint density at radius 1 is 0.840 bits per heavy atom. The summed E-state index contributed by atoms with van der Waals surface area (Å²) >= 11 is 0. The summed E-state index contributed by atoms with van der Waals surface area (Å²) in [6.45, 7) is 4.02. The number of amides is 2. The highest BCUT2D eigenvalue weighted by molar-refractivity contribution is 7.91. The molecule has 2 heterocycles. The van der Waals surface area contributed by atoms with E-state index in [-0.39, 0.29) is 29.6 Å². The Morgan fingerprint density at radius 2 is 1.44 bits per heavy atom. The summed E-state index contributed by atoms with van der Waals surface area (Å²) in [6.07, 6.45) is 0. The van der Waals surface area contributed by atoms with Crippen LogP contribution >= 0.6 is 0 Å². The van der Waals surface area contributed by atoms with Crippen molar-refractivity contribution in [3.8, 4) is 0 Å². The van der Waals surface area contributed by atoms with Crippen LogP contribution in [-0.4, -0.2) is 38.0 Å². The molecule has 2 aromatic carbocycles. The highest BCUT2D eigenvalue weighted by atomic mass is 32.2. The largest absolute Gasteiger partial charge is 0.329 e. The summed E-state index contributed by atoms with van der Waals surface area (Å²) < 4.78 is 24.5. The van der Waals surface area contributed by atoms with E-state index in [1.807, 2.05) is 62.4 Å². The fourth-order valence-electron chi connectivity index (χ4n) is 3.77. The molecule has 0 aliphatic carbocycles. The van der Waals surface area contributed by atoms with E-state index in [0.717, 1.165) is 22.5 Å². The molecule has 0 bridgehead atoms. The molecule has 25 heavy (non-hydrogen) atoms. The summed E-state index contributed by atoms with van der Waals surface area (Å²) in [4.78, 5) is 16.5. The summed E-state index contributed by atoms with van der Waals surface area (Å²) in [5.74, 6) is 0.0271. The topological polar surface area (TPSA) is 57.7 Å². The minimum atomic E-state index is -3.16. The van der Waals surface area contributed by atoms with Crippen LogP contribution in [0.4, 0.5) is 16.2 Å². The first-order valence-electron chi connectivity index (χ1n) is 8.32. The van der Waals surface area contributed by atoms with Crippen molar-refractivity contribution in [1.29, 1.82) is 0 Å². The van der Waals surface area contributed by atoms with E-state index in [9.17, 15) is 13.2 Å². The molecule has 0 radical (unpaired) electrons. The van der Waals surface area contributed by atoms with Gasteiger partial charge in [-0.3, -0.25) is 9.80 Å². The Labute approximate surface area is 147 Å². The van der Waals surface area contributed by atoms with Crippen LogP contribution in [0.3, 0.4) is 0 Å². The quantitative estimate of drug-likeness (QED) is 0.778. The zero-order chi connectivity index (χ0) is 17.8. The Kier molecular flexibility index (Phi) is 3.61. The molecule has 0 spiro atoms. The van der Waals surface area contributed by atoms with E-state index in [1.54, 1.807) is 9.80 Å². The van der Waals surface area contributed by atoms with E-state index < -0.39 is 9.84 Å². The first kappa shape index (κ1) is 16.1. The minimum absolute atomic E-state index is 0.0135. The van der Waals surface area contributed by atoms with E-state index in [2.05, 4.69) is 0 Å². The van der Waals surface area contributed by atoms with E-state index in [0.29, 0.717) is 0 Å². The van der Waals surface area contributed by atoms with Crippen molar-refractivity contribution in [1.82, 2.24) is 0 Å². The second-order valence-electron chi connectivity index (χ2n) is 6.84.